The first-order chi connectivity index (χ1) is 7.36. The van der Waals surface area contributed by atoms with E-state index in [1.165, 1.54) is 11.1 Å². The Morgan fingerprint density at radius 1 is 0.933 bits per heavy atom. The quantitative estimate of drug-likeness (QED) is 0.582. The summed E-state index contributed by atoms with van der Waals surface area (Å²) in [7, 11) is 0. The topological polar surface area (TPSA) is 17.1 Å². The molecule has 0 amide bonds. The summed E-state index contributed by atoms with van der Waals surface area (Å²) in [6.07, 6.45) is 15.0. The number of rotatable bonds is 0. The second-order valence-electron chi connectivity index (χ2n) is 4.09. The van der Waals surface area contributed by atoms with Crippen LogP contribution in [0.2, 0.25) is 0 Å². The molecule has 0 saturated heterocycles. The number of hydrogen-bond donors (Lipinski definition) is 0. The van der Waals surface area contributed by atoms with Crippen LogP contribution < -0.4 is 0 Å². The lowest BCUT2D eigenvalue weighted by atomic mass is 9.89. The van der Waals surface area contributed by atoms with Crippen molar-refractivity contribution in [3.05, 3.63) is 58.7 Å². The molecule has 0 spiro atoms. The van der Waals surface area contributed by atoms with Gasteiger partial charge in [-0.2, -0.15) is 0 Å². The molecule has 0 atom stereocenters. The maximum absolute atomic E-state index is 11.9. The number of allylic oxidation sites excluding steroid dienone is 10. The Labute approximate surface area is 89.2 Å². The number of ketones is 1. The van der Waals surface area contributed by atoms with Crippen LogP contribution in [0.5, 0.6) is 0 Å². The van der Waals surface area contributed by atoms with Gasteiger partial charge in [0.15, 0.2) is 5.78 Å². The maximum atomic E-state index is 11.9. The van der Waals surface area contributed by atoms with E-state index < -0.39 is 0 Å². The Morgan fingerprint density at radius 2 is 1.73 bits per heavy atom. The molecule has 0 aromatic carbocycles. The van der Waals surface area contributed by atoms with Crippen LogP contribution >= 0.6 is 0 Å². The fourth-order valence-electron chi connectivity index (χ4n) is 2.41. The monoisotopic (exact) mass is 196 g/mol. The van der Waals surface area contributed by atoms with Crippen LogP contribution in [0.1, 0.15) is 19.3 Å². The lowest BCUT2D eigenvalue weighted by Crippen LogP contribution is -2.07. The molecular formula is C14H12O. The van der Waals surface area contributed by atoms with Crippen molar-refractivity contribution in [2.24, 2.45) is 0 Å². The molecule has 1 nitrogen and oxygen atoms in total. The van der Waals surface area contributed by atoms with Gasteiger partial charge in [0.25, 0.3) is 0 Å². The third kappa shape index (κ3) is 1.27. The molecule has 0 bridgehead atoms. The molecule has 3 aliphatic carbocycles. The molecule has 15 heavy (non-hydrogen) atoms. The Kier molecular flexibility index (Phi) is 1.84. The highest BCUT2D eigenvalue weighted by Gasteiger charge is 2.23. The molecule has 0 unspecified atom stereocenters. The molecule has 0 aromatic heterocycles. The van der Waals surface area contributed by atoms with Gasteiger partial charge in [-0.05, 0) is 29.6 Å². The third-order valence-corrected chi connectivity index (χ3v) is 3.16. The summed E-state index contributed by atoms with van der Waals surface area (Å²) in [6.45, 7) is 0. The van der Waals surface area contributed by atoms with Crippen molar-refractivity contribution in [1.82, 2.24) is 0 Å². The van der Waals surface area contributed by atoms with Gasteiger partial charge in [-0.1, -0.05) is 36.5 Å². The standard InChI is InChI=1S/C14H12O/c15-14-9-2-5-10-4-1-6-11(10)12-7-3-8-13(12)14/h1,3-4,6-8H,2,5,9H2/b12-11-. The van der Waals surface area contributed by atoms with Crippen LogP contribution in [0.25, 0.3) is 0 Å². The molecule has 3 aliphatic rings. The van der Waals surface area contributed by atoms with E-state index in [1.807, 2.05) is 12.2 Å². The molecular weight excluding hydrogens is 184 g/mol. The number of hydrogen-bond acceptors (Lipinski definition) is 1. The zero-order valence-corrected chi connectivity index (χ0v) is 8.49. The number of carbonyl (C=O) groups is 1. The van der Waals surface area contributed by atoms with Crippen molar-refractivity contribution in [2.45, 2.75) is 19.3 Å². The first-order valence-electron chi connectivity index (χ1n) is 5.40. The molecule has 1 heteroatoms. The minimum atomic E-state index is 0.293. The van der Waals surface area contributed by atoms with Crippen LogP contribution in [0.15, 0.2) is 58.7 Å². The minimum absolute atomic E-state index is 0.293. The molecule has 3 rings (SSSR count). The van der Waals surface area contributed by atoms with E-state index >= 15 is 0 Å². The second kappa shape index (κ2) is 3.20. The summed E-state index contributed by atoms with van der Waals surface area (Å²) in [5.74, 6) is 0.293. The number of carbonyl (C=O) groups excluding carboxylic acids is 1. The van der Waals surface area contributed by atoms with Gasteiger partial charge in [0, 0.05) is 12.0 Å². The highest BCUT2D eigenvalue weighted by Crippen LogP contribution is 2.35. The zero-order valence-electron chi connectivity index (χ0n) is 8.49. The van der Waals surface area contributed by atoms with E-state index in [2.05, 4.69) is 24.3 Å². The van der Waals surface area contributed by atoms with Gasteiger partial charge in [0.2, 0.25) is 0 Å². The Morgan fingerprint density at radius 3 is 2.67 bits per heavy atom. The van der Waals surface area contributed by atoms with E-state index in [4.69, 9.17) is 0 Å². The maximum Gasteiger partial charge on any atom is 0.163 e. The van der Waals surface area contributed by atoms with E-state index in [-0.39, 0.29) is 0 Å². The van der Waals surface area contributed by atoms with Gasteiger partial charge in [-0.3, -0.25) is 4.79 Å². The van der Waals surface area contributed by atoms with Crippen LogP contribution in [0, 0.1) is 0 Å². The fourth-order valence-corrected chi connectivity index (χ4v) is 2.41. The van der Waals surface area contributed by atoms with Gasteiger partial charge >= 0.3 is 0 Å². The van der Waals surface area contributed by atoms with Crippen molar-refractivity contribution >= 4 is 5.78 Å². The molecule has 0 heterocycles. The number of fused-ring (bicyclic) bond motifs is 2. The third-order valence-electron chi connectivity index (χ3n) is 3.16. The predicted molar refractivity (Wildman–Crippen MR) is 60.3 cm³/mol. The van der Waals surface area contributed by atoms with E-state index in [9.17, 15) is 4.79 Å². The van der Waals surface area contributed by atoms with Crippen LogP contribution in [0.4, 0.5) is 0 Å². The summed E-state index contributed by atoms with van der Waals surface area (Å²) in [6, 6.07) is 0. The SMILES string of the molecule is O=C1CCCC2=CC=C/C2=C2\C=CC=C12. The lowest BCUT2D eigenvalue weighted by Gasteiger charge is -2.14. The van der Waals surface area contributed by atoms with Crippen molar-refractivity contribution in [3.63, 3.8) is 0 Å². The Balaban J connectivity index is 2.18. The smallest absolute Gasteiger partial charge is 0.163 e. The molecule has 74 valence electrons. The minimum Gasteiger partial charge on any atom is -0.294 e. The average molecular weight is 196 g/mol. The van der Waals surface area contributed by atoms with Crippen molar-refractivity contribution in [1.29, 1.82) is 0 Å². The van der Waals surface area contributed by atoms with Crippen LogP contribution in [-0.2, 0) is 4.79 Å². The van der Waals surface area contributed by atoms with Gasteiger partial charge in [-0.25, -0.2) is 0 Å². The predicted octanol–water partition coefficient (Wildman–Crippen LogP) is 3.03. The Bertz CT molecular complexity index is 481. The largest absolute Gasteiger partial charge is 0.294 e. The summed E-state index contributed by atoms with van der Waals surface area (Å²) >= 11 is 0. The summed E-state index contributed by atoms with van der Waals surface area (Å²) in [4.78, 5) is 11.9. The first kappa shape index (κ1) is 8.66. The van der Waals surface area contributed by atoms with Crippen LogP contribution in [-0.4, -0.2) is 5.78 Å². The number of Topliss-reactive ketones (excluding diaryl/α,β-unsaturated/α-hetero) is 1. The van der Waals surface area contributed by atoms with Crippen LogP contribution in [0.3, 0.4) is 0 Å². The highest BCUT2D eigenvalue weighted by atomic mass is 16.1. The van der Waals surface area contributed by atoms with Gasteiger partial charge in [-0.15, -0.1) is 0 Å². The van der Waals surface area contributed by atoms with Crippen molar-refractivity contribution < 1.29 is 4.79 Å². The second-order valence-corrected chi connectivity index (χ2v) is 4.09. The molecule has 0 aromatic rings. The lowest BCUT2D eigenvalue weighted by molar-refractivity contribution is -0.115. The van der Waals surface area contributed by atoms with E-state index in [1.54, 1.807) is 0 Å². The highest BCUT2D eigenvalue weighted by molar-refractivity contribution is 6.02. The van der Waals surface area contributed by atoms with E-state index in [0.717, 1.165) is 24.0 Å². The molecule has 0 radical (unpaired) electrons. The first-order valence-corrected chi connectivity index (χ1v) is 5.40. The molecule has 0 N–H and O–H groups in total. The van der Waals surface area contributed by atoms with Crippen molar-refractivity contribution in [3.8, 4) is 0 Å². The average Bonchev–Trinajstić information content (AvgIpc) is 2.81. The summed E-state index contributed by atoms with van der Waals surface area (Å²) < 4.78 is 0. The molecule has 0 saturated carbocycles. The Hall–Kier alpha value is -1.63. The fraction of sp³-hybridized carbons (Fsp3) is 0.214. The normalized spacial score (nSPS) is 28.1. The molecule has 0 aliphatic heterocycles. The van der Waals surface area contributed by atoms with E-state index in [0.29, 0.717) is 12.2 Å². The van der Waals surface area contributed by atoms with Gasteiger partial charge < -0.3 is 0 Å². The summed E-state index contributed by atoms with van der Waals surface area (Å²) in [5, 5.41) is 0. The molecule has 0 fully saturated rings. The summed E-state index contributed by atoms with van der Waals surface area (Å²) in [5.41, 5.74) is 4.67. The van der Waals surface area contributed by atoms with Gasteiger partial charge in [0.05, 0.1) is 0 Å². The van der Waals surface area contributed by atoms with Crippen molar-refractivity contribution in [2.75, 3.05) is 0 Å². The van der Waals surface area contributed by atoms with Gasteiger partial charge in [0.1, 0.15) is 0 Å². The zero-order chi connectivity index (χ0) is 10.3.